The highest BCUT2D eigenvalue weighted by molar-refractivity contribution is 9.10. The Morgan fingerprint density at radius 3 is 2.61 bits per heavy atom. The highest BCUT2D eigenvalue weighted by atomic mass is 79.9. The van der Waals surface area contributed by atoms with Gasteiger partial charge in [-0.25, -0.2) is 4.39 Å². The lowest BCUT2D eigenvalue weighted by molar-refractivity contribution is -0.120. The fourth-order valence-electron chi connectivity index (χ4n) is 1.56. The van der Waals surface area contributed by atoms with Gasteiger partial charge in [0.05, 0.1) is 11.0 Å². The summed E-state index contributed by atoms with van der Waals surface area (Å²) in [5.74, 6) is -0.424. The normalized spacial score (nSPS) is 10.5. The smallest absolute Gasteiger partial charge is 0.239 e. The summed E-state index contributed by atoms with van der Waals surface area (Å²) in [6.07, 6.45) is 1.82. The summed E-state index contributed by atoms with van der Waals surface area (Å²) in [6.45, 7) is 4.22. The molecule has 2 N–H and O–H groups in total. The second-order valence-corrected chi connectivity index (χ2v) is 4.92. The topological polar surface area (TPSA) is 41.1 Å². The number of rotatable bonds is 6. The van der Waals surface area contributed by atoms with E-state index in [0.717, 1.165) is 12.8 Å². The second-order valence-electron chi connectivity index (χ2n) is 4.06. The number of hydrogen-bond acceptors (Lipinski definition) is 2. The first-order valence-electron chi connectivity index (χ1n) is 6.05. The molecule has 1 rings (SSSR count). The van der Waals surface area contributed by atoms with Gasteiger partial charge in [0.25, 0.3) is 0 Å². The van der Waals surface area contributed by atoms with Crippen molar-refractivity contribution in [2.45, 2.75) is 32.7 Å². The summed E-state index contributed by atoms with van der Waals surface area (Å²) < 4.78 is 13.6. The fraction of sp³-hybridized carbons (Fsp3) is 0.462. The van der Waals surface area contributed by atoms with Crippen molar-refractivity contribution in [1.29, 1.82) is 0 Å². The highest BCUT2D eigenvalue weighted by Gasteiger charge is 2.08. The van der Waals surface area contributed by atoms with Crippen LogP contribution in [0.15, 0.2) is 22.7 Å². The SMILES string of the molecule is CCC(CC)NC(=O)CNc1ccc(Br)c(F)c1. The van der Waals surface area contributed by atoms with Crippen molar-refractivity contribution in [2.75, 3.05) is 11.9 Å². The summed E-state index contributed by atoms with van der Waals surface area (Å²) in [6, 6.07) is 4.89. The fourth-order valence-corrected chi connectivity index (χ4v) is 1.81. The van der Waals surface area contributed by atoms with Gasteiger partial charge in [0.2, 0.25) is 5.91 Å². The summed E-state index contributed by atoms with van der Waals surface area (Å²) in [7, 11) is 0. The molecule has 100 valence electrons. The molecule has 0 aliphatic rings. The van der Waals surface area contributed by atoms with E-state index in [1.807, 2.05) is 13.8 Å². The minimum absolute atomic E-state index is 0.0768. The van der Waals surface area contributed by atoms with Crippen molar-refractivity contribution in [2.24, 2.45) is 0 Å². The van der Waals surface area contributed by atoms with Gasteiger partial charge < -0.3 is 10.6 Å². The number of carbonyl (C=O) groups is 1. The Bertz CT molecular complexity index is 408. The monoisotopic (exact) mass is 316 g/mol. The molecule has 0 spiro atoms. The zero-order valence-electron chi connectivity index (χ0n) is 10.6. The van der Waals surface area contributed by atoms with E-state index >= 15 is 0 Å². The first kappa shape index (κ1) is 15.0. The molecule has 5 heteroatoms. The molecule has 0 bridgehead atoms. The number of hydrogen-bond donors (Lipinski definition) is 2. The van der Waals surface area contributed by atoms with Crippen LogP contribution >= 0.6 is 15.9 Å². The van der Waals surface area contributed by atoms with Gasteiger partial charge in [0.1, 0.15) is 5.82 Å². The summed E-state index contributed by atoms with van der Waals surface area (Å²) in [5.41, 5.74) is 0.593. The number of halogens is 2. The van der Waals surface area contributed by atoms with Crippen molar-refractivity contribution in [3.8, 4) is 0 Å². The van der Waals surface area contributed by atoms with Gasteiger partial charge >= 0.3 is 0 Å². The number of benzene rings is 1. The van der Waals surface area contributed by atoms with E-state index in [1.165, 1.54) is 6.07 Å². The molecular formula is C13H18BrFN2O. The van der Waals surface area contributed by atoms with E-state index in [-0.39, 0.29) is 24.3 Å². The zero-order valence-corrected chi connectivity index (χ0v) is 12.2. The van der Waals surface area contributed by atoms with Crippen LogP contribution in [0.3, 0.4) is 0 Å². The lowest BCUT2D eigenvalue weighted by Crippen LogP contribution is -2.37. The third-order valence-corrected chi connectivity index (χ3v) is 3.37. The molecule has 0 aromatic heterocycles. The zero-order chi connectivity index (χ0) is 13.5. The molecule has 0 atom stereocenters. The van der Waals surface area contributed by atoms with E-state index in [9.17, 15) is 9.18 Å². The third kappa shape index (κ3) is 4.64. The minimum atomic E-state index is -0.347. The van der Waals surface area contributed by atoms with Crippen LogP contribution in [0.25, 0.3) is 0 Å². The minimum Gasteiger partial charge on any atom is -0.376 e. The van der Waals surface area contributed by atoms with Crippen LogP contribution in [0, 0.1) is 5.82 Å². The van der Waals surface area contributed by atoms with Crippen molar-refractivity contribution < 1.29 is 9.18 Å². The predicted molar refractivity (Wildman–Crippen MR) is 75.1 cm³/mol. The lowest BCUT2D eigenvalue weighted by atomic mass is 10.2. The van der Waals surface area contributed by atoms with Gasteiger partial charge in [-0.15, -0.1) is 0 Å². The van der Waals surface area contributed by atoms with Gasteiger partial charge in [-0.3, -0.25) is 4.79 Å². The Hall–Kier alpha value is -1.10. The van der Waals surface area contributed by atoms with E-state index in [0.29, 0.717) is 10.2 Å². The molecule has 0 unspecified atom stereocenters. The first-order chi connectivity index (χ1) is 8.56. The van der Waals surface area contributed by atoms with Gasteiger partial charge in [-0.2, -0.15) is 0 Å². The second kappa shape index (κ2) is 7.36. The van der Waals surface area contributed by atoms with Crippen LogP contribution in [0.1, 0.15) is 26.7 Å². The molecule has 1 aromatic carbocycles. The van der Waals surface area contributed by atoms with Crippen LogP contribution in [0.5, 0.6) is 0 Å². The Kier molecular flexibility index (Phi) is 6.12. The van der Waals surface area contributed by atoms with E-state index < -0.39 is 0 Å². The molecule has 0 aliphatic carbocycles. The quantitative estimate of drug-likeness (QED) is 0.845. The highest BCUT2D eigenvalue weighted by Crippen LogP contribution is 2.18. The molecule has 0 radical (unpaired) electrons. The largest absolute Gasteiger partial charge is 0.376 e. The van der Waals surface area contributed by atoms with Crippen LogP contribution in [-0.4, -0.2) is 18.5 Å². The molecule has 0 fully saturated rings. The van der Waals surface area contributed by atoms with Crippen molar-refractivity contribution in [3.63, 3.8) is 0 Å². The Balaban J connectivity index is 2.44. The lowest BCUT2D eigenvalue weighted by Gasteiger charge is -2.15. The molecule has 0 aliphatic heterocycles. The number of amides is 1. The molecule has 1 aromatic rings. The maximum Gasteiger partial charge on any atom is 0.239 e. The number of carbonyl (C=O) groups excluding carboxylic acids is 1. The van der Waals surface area contributed by atoms with Gasteiger partial charge in [-0.1, -0.05) is 13.8 Å². The summed E-state index contributed by atoms with van der Waals surface area (Å²) in [4.78, 5) is 11.6. The van der Waals surface area contributed by atoms with Crippen molar-refractivity contribution >= 4 is 27.5 Å². The van der Waals surface area contributed by atoms with E-state index in [1.54, 1.807) is 12.1 Å². The molecule has 3 nitrogen and oxygen atoms in total. The Morgan fingerprint density at radius 1 is 1.39 bits per heavy atom. The van der Waals surface area contributed by atoms with Crippen LogP contribution in [0.2, 0.25) is 0 Å². The van der Waals surface area contributed by atoms with Gasteiger partial charge in [-0.05, 0) is 47.0 Å². The van der Waals surface area contributed by atoms with Crippen molar-refractivity contribution in [1.82, 2.24) is 5.32 Å². The van der Waals surface area contributed by atoms with Gasteiger partial charge in [0, 0.05) is 11.7 Å². The molecule has 1 amide bonds. The molecule has 0 heterocycles. The average Bonchev–Trinajstić information content (AvgIpc) is 2.37. The van der Waals surface area contributed by atoms with Crippen LogP contribution in [0.4, 0.5) is 10.1 Å². The average molecular weight is 317 g/mol. The molecule has 0 saturated carbocycles. The number of anilines is 1. The first-order valence-corrected chi connectivity index (χ1v) is 6.84. The van der Waals surface area contributed by atoms with Crippen LogP contribution < -0.4 is 10.6 Å². The Labute approximate surface area is 115 Å². The molecule has 0 saturated heterocycles. The molecular weight excluding hydrogens is 299 g/mol. The van der Waals surface area contributed by atoms with Crippen molar-refractivity contribution in [3.05, 3.63) is 28.5 Å². The maximum atomic E-state index is 13.2. The van der Waals surface area contributed by atoms with E-state index in [4.69, 9.17) is 0 Å². The standard InChI is InChI=1S/C13H18BrFN2O/c1-3-9(4-2)17-13(18)8-16-10-5-6-11(14)12(15)7-10/h5-7,9,16H,3-4,8H2,1-2H3,(H,17,18). The van der Waals surface area contributed by atoms with E-state index in [2.05, 4.69) is 26.6 Å². The maximum absolute atomic E-state index is 13.2. The third-order valence-electron chi connectivity index (χ3n) is 2.72. The Morgan fingerprint density at radius 2 is 2.06 bits per heavy atom. The summed E-state index contributed by atoms with van der Waals surface area (Å²) >= 11 is 3.08. The van der Waals surface area contributed by atoms with Crippen LogP contribution in [-0.2, 0) is 4.79 Å². The van der Waals surface area contributed by atoms with Gasteiger partial charge in [0.15, 0.2) is 0 Å². The predicted octanol–water partition coefficient (Wildman–Crippen LogP) is 3.30. The summed E-state index contributed by atoms with van der Waals surface area (Å²) in [5, 5.41) is 5.80. The number of nitrogens with one attached hydrogen (secondary N) is 2. The molecule has 18 heavy (non-hydrogen) atoms.